The summed E-state index contributed by atoms with van der Waals surface area (Å²) in [6, 6.07) is 14.4. The molecular formula is C29H36N2O4S. The molecule has 3 aliphatic heterocycles. The van der Waals surface area contributed by atoms with Gasteiger partial charge in [-0.2, -0.15) is 0 Å². The van der Waals surface area contributed by atoms with Gasteiger partial charge in [0.2, 0.25) is 0 Å². The van der Waals surface area contributed by atoms with Crippen LogP contribution in [-0.2, 0) is 14.3 Å². The van der Waals surface area contributed by atoms with Crippen molar-refractivity contribution in [3.8, 4) is 16.9 Å². The molecule has 2 aromatic rings. The maximum atomic E-state index is 12.6. The number of ether oxygens (including phenoxy) is 3. The first-order valence-electron chi connectivity index (χ1n) is 12.6. The lowest BCUT2D eigenvalue weighted by molar-refractivity contribution is -0.133. The number of rotatable bonds is 6. The summed E-state index contributed by atoms with van der Waals surface area (Å²) in [5.41, 5.74) is 4.63. The molecule has 0 aliphatic carbocycles. The Kier molecular flexibility index (Phi) is 9.36. The van der Waals surface area contributed by atoms with Crippen LogP contribution in [0.1, 0.15) is 31.7 Å². The minimum absolute atomic E-state index is 0.299. The topological polar surface area (TPSA) is 51.2 Å². The first kappa shape index (κ1) is 26.2. The van der Waals surface area contributed by atoms with E-state index in [1.54, 1.807) is 0 Å². The van der Waals surface area contributed by atoms with Crippen molar-refractivity contribution in [2.45, 2.75) is 26.2 Å². The van der Waals surface area contributed by atoms with Crippen LogP contribution in [0.3, 0.4) is 0 Å². The molecule has 1 saturated heterocycles. The summed E-state index contributed by atoms with van der Waals surface area (Å²) < 4.78 is 15.9. The van der Waals surface area contributed by atoms with Gasteiger partial charge < -0.3 is 24.0 Å². The molecule has 0 atom stereocenters. The Balaban J connectivity index is 0.000000543. The molecule has 0 spiro atoms. The first-order valence-corrected chi connectivity index (χ1v) is 13.6. The third kappa shape index (κ3) is 6.45. The minimum Gasteiger partial charge on any atom is -0.493 e. The number of anilines is 1. The SMILES string of the molecule is C1CCOC1.CCOc1ccccc1-c1ccc2c(c1)C(C(=O)OC)=CCCN2CC1=CN(C)CS1. The van der Waals surface area contributed by atoms with Crippen LogP contribution in [0.15, 0.2) is 59.6 Å². The van der Waals surface area contributed by atoms with Gasteiger partial charge in [0.15, 0.2) is 0 Å². The highest BCUT2D eigenvalue weighted by molar-refractivity contribution is 8.03. The van der Waals surface area contributed by atoms with E-state index in [-0.39, 0.29) is 5.97 Å². The molecule has 3 aliphatic rings. The predicted molar refractivity (Wildman–Crippen MR) is 148 cm³/mol. The van der Waals surface area contributed by atoms with E-state index in [2.05, 4.69) is 47.3 Å². The molecule has 192 valence electrons. The van der Waals surface area contributed by atoms with Crippen molar-refractivity contribution in [1.29, 1.82) is 0 Å². The van der Waals surface area contributed by atoms with Gasteiger partial charge in [-0.15, -0.1) is 11.8 Å². The fourth-order valence-electron chi connectivity index (χ4n) is 4.53. The molecule has 0 bridgehead atoms. The zero-order valence-corrected chi connectivity index (χ0v) is 22.3. The highest BCUT2D eigenvalue weighted by atomic mass is 32.2. The Morgan fingerprint density at radius 1 is 1.11 bits per heavy atom. The Labute approximate surface area is 218 Å². The van der Waals surface area contributed by atoms with Crippen LogP contribution in [0, 0.1) is 0 Å². The molecule has 1 fully saturated rings. The predicted octanol–water partition coefficient (Wildman–Crippen LogP) is 5.79. The number of nitrogens with zero attached hydrogens (tertiary/aromatic N) is 2. The van der Waals surface area contributed by atoms with E-state index < -0.39 is 0 Å². The number of thioether (sulfide) groups is 1. The Morgan fingerprint density at radius 2 is 1.92 bits per heavy atom. The summed E-state index contributed by atoms with van der Waals surface area (Å²) in [5.74, 6) is 1.52. The smallest absolute Gasteiger partial charge is 0.338 e. The first-order chi connectivity index (χ1) is 17.6. The van der Waals surface area contributed by atoms with Gasteiger partial charge in [-0.25, -0.2) is 4.79 Å². The van der Waals surface area contributed by atoms with E-state index in [0.717, 1.165) is 66.7 Å². The van der Waals surface area contributed by atoms with Crippen molar-refractivity contribution in [3.63, 3.8) is 0 Å². The number of hydrogen-bond acceptors (Lipinski definition) is 7. The Morgan fingerprint density at radius 3 is 2.58 bits per heavy atom. The molecule has 0 amide bonds. The second kappa shape index (κ2) is 12.9. The van der Waals surface area contributed by atoms with Gasteiger partial charge in [-0.3, -0.25) is 0 Å². The third-order valence-corrected chi connectivity index (χ3v) is 7.41. The molecule has 0 N–H and O–H groups in total. The van der Waals surface area contributed by atoms with Gasteiger partial charge in [0.05, 0.1) is 31.7 Å². The van der Waals surface area contributed by atoms with E-state index in [0.29, 0.717) is 12.2 Å². The van der Waals surface area contributed by atoms with Crippen molar-refractivity contribution >= 4 is 29.0 Å². The molecule has 2 aromatic carbocycles. The Bertz CT molecular complexity index is 1100. The van der Waals surface area contributed by atoms with Gasteiger partial charge in [0.1, 0.15) is 5.75 Å². The monoisotopic (exact) mass is 508 g/mol. The molecule has 0 radical (unpaired) electrons. The summed E-state index contributed by atoms with van der Waals surface area (Å²) in [5, 5.41) is 0. The number of carbonyl (C=O) groups is 1. The van der Waals surface area contributed by atoms with Gasteiger partial charge >= 0.3 is 5.97 Å². The summed E-state index contributed by atoms with van der Waals surface area (Å²) in [4.78, 5) is 18.5. The third-order valence-electron chi connectivity index (χ3n) is 6.27. The highest BCUT2D eigenvalue weighted by Gasteiger charge is 2.25. The molecule has 6 nitrogen and oxygen atoms in total. The number of para-hydroxylation sites is 1. The average molecular weight is 509 g/mol. The van der Waals surface area contributed by atoms with Gasteiger partial charge in [0.25, 0.3) is 0 Å². The summed E-state index contributed by atoms with van der Waals surface area (Å²) in [6.07, 6.45) is 7.56. The Hall–Kier alpha value is -2.90. The molecule has 0 aromatic heterocycles. The van der Waals surface area contributed by atoms with Gasteiger partial charge in [-0.05, 0) is 49.9 Å². The zero-order chi connectivity index (χ0) is 25.3. The van der Waals surface area contributed by atoms with Crippen LogP contribution in [0.5, 0.6) is 5.75 Å². The minimum atomic E-state index is -0.299. The maximum absolute atomic E-state index is 12.6. The largest absolute Gasteiger partial charge is 0.493 e. The van der Waals surface area contributed by atoms with Crippen molar-refractivity contribution in [2.75, 3.05) is 57.8 Å². The van der Waals surface area contributed by atoms with Crippen molar-refractivity contribution < 1.29 is 19.0 Å². The molecule has 5 rings (SSSR count). The van der Waals surface area contributed by atoms with Crippen LogP contribution in [0.25, 0.3) is 16.7 Å². The lowest BCUT2D eigenvalue weighted by atomic mass is 9.96. The van der Waals surface area contributed by atoms with Crippen molar-refractivity contribution in [1.82, 2.24) is 4.90 Å². The molecular weight excluding hydrogens is 472 g/mol. The number of carbonyl (C=O) groups excluding carboxylic acids is 1. The van der Waals surface area contributed by atoms with E-state index in [1.165, 1.54) is 24.9 Å². The van der Waals surface area contributed by atoms with E-state index in [1.807, 2.05) is 43.0 Å². The van der Waals surface area contributed by atoms with Crippen molar-refractivity contribution in [2.24, 2.45) is 0 Å². The molecule has 0 unspecified atom stereocenters. The van der Waals surface area contributed by atoms with Gasteiger partial charge in [0, 0.05) is 54.7 Å². The van der Waals surface area contributed by atoms with E-state index in [4.69, 9.17) is 14.2 Å². The number of benzene rings is 2. The number of fused-ring (bicyclic) bond motifs is 1. The van der Waals surface area contributed by atoms with Crippen LogP contribution in [0.2, 0.25) is 0 Å². The van der Waals surface area contributed by atoms with Crippen LogP contribution in [0.4, 0.5) is 5.69 Å². The standard InChI is InChI=1S/C25H28N2O3S.C4H8O/c1-4-30-24-10-6-5-8-20(24)18-11-12-23-22(14-18)21(25(28)29-3)9-7-13-27(23)16-19-15-26(2)17-31-19;1-2-4-5-3-1/h5-6,8-12,14-15H,4,7,13,16-17H2,1-3H3;1-4H2. The van der Waals surface area contributed by atoms with Gasteiger partial charge in [-0.1, -0.05) is 30.3 Å². The lowest BCUT2D eigenvalue weighted by Gasteiger charge is -2.26. The van der Waals surface area contributed by atoms with Crippen LogP contribution in [-0.4, -0.2) is 63.8 Å². The molecule has 36 heavy (non-hydrogen) atoms. The molecule has 7 heteroatoms. The fourth-order valence-corrected chi connectivity index (χ4v) is 5.48. The van der Waals surface area contributed by atoms with Crippen LogP contribution < -0.4 is 9.64 Å². The number of methoxy groups -OCH3 is 1. The highest BCUT2D eigenvalue weighted by Crippen LogP contribution is 2.39. The van der Waals surface area contributed by atoms with Crippen molar-refractivity contribution in [3.05, 3.63) is 65.2 Å². The summed E-state index contributed by atoms with van der Waals surface area (Å²) in [7, 11) is 3.53. The number of hydrogen-bond donors (Lipinski definition) is 0. The second-order valence-corrected chi connectivity index (χ2v) is 10.00. The van der Waals surface area contributed by atoms with Crippen LogP contribution >= 0.6 is 11.8 Å². The molecule has 0 saturated carbocycles. The summed E-state index contributed by atoms with van der Waals surface area (Å²) >= 11 is 1.86. The summed E-state index contributed by atoms with van der Waals surface area (Å²) in [6.45, 7) is 6.27. The maximum Gasteiger partial charge on any atom is 0.338 e. The molecule has 3 heterocycles. The average Bonchev–Trinajstić information content (AvgIpc) is 3.58. The van der Waals surface area contributed by atoms with E-state index in [9.17, 15) is 4.79 Å². The number of esters is 1. The fraction of sp³-hybridized carbons (Fsp3) is 0.414. The lowest BCUT2D eigenvalue weighted by Crippen LogP contribution is -2.26. The zero-order valence-electron chi connectivity index (χ0n) is 21.5. The second-order valence-electron chi connectivity index (χ2n) is 8.93. The normalized spacial score (nSPS) is 16.9. The van der Waals surface area contributed by atoms with E-state index >= 15 is 0 Å². The quantitative estimate of drug-likeness (QED) is 0.458.